The summed E-state index contributed by atoms with van der Waals surface area (Å²) in [5.41, 5.74) is 1.40. The minimum atomic E-state index is 0.304. The largest absolute Gasteiger partial charge is 0.396 e. The third kappa shape index (κ3) is 12.5. The highest BCUT2D eigenvalue weighted by atomic mass is 16.3. The number of unbranched alkanes of at least 4 members (excludes halogenated alkanes) is 13. The van der Waals surface area contributed by atoms with Crippen LogP contribution in [0.15, 0.2) is 30.3 Å². The van der Waals surface area contributed by atoms with Crippen molar-refractivity contribution in [3.63, 3.8) is 0 Å². The molecule has 0 saturated heterocycles. The number of benzene rings is 1. The summed E-state index contributed by atoms with van der Waals surface area (Å²) in [5, 5.41) is 9.31. The number of aliphatic hydroxyl groups is 1. The highest BCUT2D eigenvalue weighted by Crippen LogP contribution is 2.26. The summed E-state index contributed by atoms with van der Waals surface area (Å²) >= 11 is 0. The number of aliphatic hydroxyl groups excluding tert-OH is 1. The van der Waals surface area contributed by atoms with E-state index in [0.717, 1.165) is 6.42 Å². The summed E-state index contributed by atoms with van der Waals surface area (Å²) in [6.45, 7) is 2.59. The van der Waals surface area contributed by atoms with Gasteiger partial charge in [0, 0.05) is 6.61 Å². The number of hydrogen-bond donors (Lipinski definition) is 1. The molecule has 150 valence electrons. The minimum Gasteiger partial charge on any atom is -0.396 e. The number of hydrogen-bond acceptors (Lipinski definition) is 1. The molecule has 0 aliphatic carbocycles. The average molecular weight is 361 g/mol. The standard InChI is InChI=1S/C25H44O/c1-2-3-4-5-6-7-8-9-10-11-12-13-14-16-21-25(22-23-26)24-19-17-15-18-20-24/h15,17-20,25-26H,2-14,16,21-23H2,1H3. The molecule has 0 fully saturated rings. The SMILES string of the molecule is CCCCCCCCCCCCCCCCC(CCO)c1ccccc1. The van der Waals surface area contributed by atoms with Crippen molar-refractivity contribution in [3.05, 3.63) is 35.9 Å². The Labute approximate surface area is 163 Å². The molecule has 0 spiro atoms. The van der Waals surface area contributed by atoms with Crippen molar-refractivity contribution in [1.82, 2.24) is 0 Å². The first-order valence-electron chi connectivity index (χ1n) is 11.5. The van der Waals surface area contributed by atoms with E-state index in [-0.39, 0.29) is 0 Å². The second-order valence-corrected chi connectivity index (χ2v) is 8.00. The highest BCUT2D eigenvalue weighted by molar-refractivity contribution is 5.19. The van der Waals surface area contributed by atoms with Crippen molar-refractivity contribution < 1.29 is 5.11 Å². The molecule has 1 rings (SSSR count). The zero-order valence-corrected chi connectivity index (χ0v) is 17.4. The van der Waals surface area contributed by atoms with E-state index < -0.39 is 0 Å². The summed E-state index contributed by atoms with van der Waals surface area (Å²) in [6.07, 6.45) is 21.9. The van der Waals surface area contributed by atoms with E-state index in [1.54, 1.807) is 0 Å². The maximum atomic E-state index is 9.31. The van der Waals surface area contributed by atoms with Gasteiger partial charge < -0.3 is 5.11 Å². The molecule has 1 unspecified atom stereocenters. The molecule has 0 amide bonds. The monoisotopic (exact) mass is 360 g/mol. The molecule has 0 saturated carbocycles. The van der Waals surface area contributed by atoms with Gasteiger partial charge in [-0.15, -0.1) is 0 Å². The normalized spacial score (nSPS) is 12.4. The first-order valence-corrected chi connectivity index (χ1v) is 11.5. The Balaban J connectivity index is 1.91. The Morgan fingerprint density at radius 3 is 1.54 bits per heavy atom. The fraction of sp³-hybridized carbons (Fsp3) is 0.760. The van der Waals surface area contributed by atoms with Gasteiger partial charge in [-0.25, -0.2) is 0 Å². The molecule has 0 bridgehead atoms. The fourth-order valence-corrected chi connectivity index (χ4v) is 3.94. The molecular formula is C25H44O. The maximum Gasteiger partial charge on any atom is 0.0436 e. The van der Waals surface area contributed by atoms with Crippen LogP contribution in [0.3, 0.4) is 0 Å². The van der Waals surface area contributed by atoms with Crippen molar-refractivity contribution >= 4 is 0 Å². The zero-order chi connectivity index (χ0) is 18.7. The molecule has 26 heavy (non-hydrogen) atoms. The Kier molecular flexibility index (Phi) is 15.7. The van der Waals surface area contributed by atoms with Gasteiger partial charge in [0.25, 0.3) is 0 Å². The van der Waals surface area contributed by atoms with E-state index >= 15 is 0 Å². The third-order valence-corrected chi connectivity index (χ3v) is 5.65. The predicted octanol–water partition coefficient (Wildman–Crippen LogP) is 8.02. The molecule has 1 atom stereocenters. The molecule has 0 aromatic heterocycles. The van der Waals surface area contributed by atoms with Crippen molar-refractivity contribution in [2.45, 2.75) is 116 Å². The Morgan fingerprint density at radius 2 is 1.08 bits per heavy atom. The van der Waals surface area contributed by atoms with Gasteiger partial charge in [0.1, 0.15) is 0 Å². The molecule has 0 radical (unpaired) electrons. The summed E-state index contributed by atoms with van der Waals surface area (Å²) < 4.78 is 0. The summed E-state index contributed by atoms with van der Waals surface area (Å²) in [6, 6.07) is 10.7. The van der Waals surface area contributed by atoms with Gasteiger partial charge in [0.2, 0.25) is 0 Å². The van der Waals surface area contributed by atoms with E-state index in [1.807, 2.05) is 0 Å². The fourth-order valence-electron chi connectivity index (χ4n) is 3.94. The van der Waals surface area contributed by atoms with Crippen LogP contribution in [-0.4, -0.2) is 11.7 Å². The van der Waals surface area contributed by atoms with Crippen LogP contribution in [0.2, 0.25) is 0 Å². The smallest absolute Gasteiger partial charge is 0.0436 e. The third-order valence-electron chi connectivity index (χ3n) is 5.65. The highest BCUT2D eigenvalue weighted by Gasteiger charge is 2.10. The molecule has 1 aromatic rings. The van der Waals surface area contributed by atoms with Gasteiger partial charge in [-0.2, -0.15) is 0 Å². The molecule has 0 heterocycles. The lowest BCUT2D eigenvalue weighted by molar-refractivity contribution is 0.271. The maximum absolute atomic E-state index is 9.31. The van der Waals surface area contributed by atoms with E-state index in [4.69, 9.17) is 0 Å². The van der Waals surface area contributed by atoms with Crippen LogP contribution in [-0.2, 0) is 0 Å². The van der Waals surface area contributed by atoms with Crippen LogP contribution in [0, 0.1) is 0 Å². The van der Waals surface area contributed by atoms with Crippen LogP contribution < -0.4 is 0 Å². The first kappa shape index (κ1) is 23.2. The Hall–Kier alpha value is -0.820. The van der Waals surface area contributed by atoms with E-state index in [2.05, 4.69) is 37.3 Å². The summed E-state index contributed by atoms with van der Waals surface area (Å²) in [5.74, 6) is 0.540. The van der Waals surface area contributed by atoms with Crippen LogP contribution >= 0.6 is 0 Å². The zero-order valence-electron chi connectivity index (χ0n) is 17.4. The molecule has 1 N–H and O–H groups in total. The Bertz CT molecular complexity index is 386. The summed E-state index contributed by atoms with van der Waals surface area (Å²) in [7, 11) is 0. The van der Waals surface area contributed by atoms with Crippen molar-refractivity contribution in [3.8, 4) is 0 Å². The van der Waals surface area contributed by atoms with E-state index in [1.165, 1.54) is 102 Å². The molecular weight excluding hydrogens is 316 g/mol. The quantitative estimate of drug-likeness (QED) is 0.263. The van der Waals surface area contributed by atoms with Gasteiger partial charge >= 0.3 is 0 Å². The lowest BCUT2D eigenvalue weighted by Gasteiger charge is -2.16. The van der Waals surface area contributed by atoms with Crippen molar-refractivity contribution in [2.24, 2.45) is 0 Å². The van der Waals surface area contributed by atoms with Crippen molar-refractivity contribution in [1.29, 1.82) is 0 Å². The van der Waals surface area contributed by atoms with Gasteiger partial charge in [-0.3, -0.25) is 0 Å². The summed E-state index contributed by atoms with van der Waals surface area (Å²) in [4.78, 5) is 0. The molecule has 1 aromatic carbocycles. The van der Waals surface area contributed by atoms with Crippen LogP contribution in [0.1, 0.15) is 121 Å². The second-order valence-electron chi connectivity index (χ2n) is 8.00. The van der Waals surface area contributed by atoms with E-state index in [0.29, 0.717) is 12.5 Å². The van der Waals surface area contributed by atoms with Crippen LogP contribution in [0.4, 0.5) is 0 Å². The van der Waals surface area contributed by atoms with Gasteiger partial charge in [0.15, 0.2) is 0 Å². The number of rotatable bonds is 18. The van der Waals surface area contributed by atoms with Gasteiger partial charge in [-0.1, -0.05) is 127 Å². The lowest BCUT2D eigenvalue weighted by Crippen LogP contribution is -2.01. The predicted molar refractivity (Wildman–Crippen MR) is 116 cm³/mol. The lowest BCUT2D eigenvalue weighted by atomic mass is 9.90. The van der Waals surface area contributed by atoms with Crippen LogP contribution in [0.25, 0.3) is 0 Å². The molecule has 0 aliphatic heterocycles. The Morgan fingerprint density at radius 1 is 0.615 bits per heavy atom. The van der Waals surface area contributed by atoms with Gasteiger partial charge in [-0.05, 0) is 24.3 Å². The van der Waals surface area contributed by atoms with E-state index in [9.17, 15) is 5.11 Å². The molecule has 1 heteroatoms. The topological polar surface area (TPSA) is 20.2 Å². The average Bonchev–Trinajstić information content (AvgIpc) is 2.68. The van der Waals surface area contributed by atoms with Gasteiger partial charge in [0.05, 0.1) is 0 Å². The molecule has 0 aliphatic rings. The first-order chi connectivity index (χ1) is 12.9. The van der Waals surface area contributed by atoms with Crippen molar-refractivity contribution in [2.75, 3.05) is 6.61 Å². The van der Waals surface area contributed by atoms with Crippen LogP contribution in [0.5, 0.6) is 0 Å². The molecule has 1 nitrogen and oxygen atoms in total. The second kappa shape index (κ2) is 17.6. The minimum absolute atomic E-state index is 0.304.